The molecule has 2 rings (SSSR count). The topological polar surface area (TPSA) is 84.2 Å². The fraction of sp³-hybridized carbons (Fsp3) is 0.312. The van der Waals surface area contributed by atoms with E-state index in [4.69, 9.17) is 5.11 Å². The standard InChI is InChI=1S/C16H16F3N3O3/c1-9-3-5-11(6-4-9)22-13(16(17,18)19)12(8-21-22)14(23)20-7-10(2)15(24)25/h3-6,8,10H,7H2,1-2H3,(H,20,23)(H,24,25). The van der Waals surface area contributed by atoms with E-state index in [-0.39, 0.29) is 12.2 Å². The van der Waals surface area contributed by atoms with Crippen molar-refractivity contribution < 1.29 is 27.9 Å². The molecule has 0 radical (unpaired) electrons. The number of aryl methyl sites for hydroxylation is 1. The van der Waals surface area contributed by atoms with E-state index in [0.29, 0.717) is 4.68 Å². The van der Waals surface area contributed by atoms with Crippen LogP contribution in [0.15, 0.2) is 30.5 Å². The van der Waals surface area contributed by atoms with Crippen molar-refractivity contribution in [1.82, 2.24) is 15.1 Å². The molecule has 9 heteroatoms. The van der Waals surface area contributed by atoms with Crippen molar-refractivity contribution in [3.8, 4) is 5.69 Å². The molecule has 0 saturated carbocycles. The zero-order chi connectivity index (χ0) is 18.8. The van der Waals surface area contributed by atoms with Crippen molar-refractivity contribution in [3.05, 3.63) is 47.3 Å². The van der Waals surface area contributed by atoms with E-state index in [1.807, 2.05) is 0 Å². The SMILES string of the molecule is Cc1ccc(-n2ncc(C(=O)NCC(C)C(=O)O)c2C(F)(F)F)cc1. The summed E-state index contributed by atoms with van der Waals surface area (Å²) in [6.45, 7) is 2.84. The van der Waals surface area contributed by atoms with Crippen LogP contribution in [0.4, 0.5) is 13.2 Å². The van der Waals surface area contributed by atoms with E-state index in [1.165, 1.54) is 19.1 Å². The molecular weight excluding hydrogens is 339 g/mol. The second kappa shape index (κ2) is 6.96. The quantitative estimate of drug-likeness (QED) is 0.864. The van der Waals surface area contributed by atoms with Crippen molar-refractivity contribution in [2.24, 2.45) is 5.92 Å². The number of nitrogens with zero attached hydrogens (tertiary/aromatic N) is 2. The summed E-state index contributed by atoms with van der Waals surface area (Å²) in [4.78, 5) is 22.8. The predicted molar refractivity (Wildman–Crippen MR) is 82.4 cm³/mol. The first-order valence-electron chi connectivity index (χ1n) is 7.34. The van der Waals surface area contributed by atoms with Gasteiger partial charge in [-0.3, -0.25) is 9.59 Å². The van der Waals surface area contributed by atoms with Gasteiger partial charge >= 0.3 is 12.1 Å². The smallest absolute Gasteiger partial charge is 0.434 e. The van der Waals surface area contributed by atoms with Gasteiger partial charge in [0, 0.05) is 6.54 Å². The first-order chi connectivity index (χ1) is 11.6. The lowest BCUT2D eigenvalue weighted by atomic mass is 10.1. The first kappa shape index (κ1) is 18.5. The average molecular weight is 355 g/mol. The third-order valence-corrected chi connectivity index (χ3v) is 3.55. The molecule has 1 aromatic heterocycles. The number of benzene rings is 1. The lowest BCUT2D eigenvalue weighted by Gasteiger charge is -2.13. The number of aromatic nitrogens is 2. The Balaban J connectivity index is 2.38. The van der Waals surface area contributed by atoms with Crippen LogP contribution in [0.2, 0.25) is 0 Å². The molecular formula is C16H16F3N3O3. The largest absolute Gasteiger partial charge is 0.481 e. The molecule has 1 heterocycles. The maximum Gasteiger partial charge on any atom is 0.434 e. The molecule has 0 spiro atoms. The van der Waals surface area contributed by atoms with Gasteiger partial charge in [0.1, 0.15) is 0 Å². The summed E-state index contributed by atoms with van der Waals surface area (Å²) in [6.07, 6.45) is -3.99. The number of carbonyl (C=O) groups is 2. The zero-order valence-corrected chi connectivity index (χ0v) is 13.5. The molecule has 1 aromatic carbocycles. The van der Waals surface area contributed by atoms with Crippen LogP contribution in [0.1, 0.15) is 28.5 Å². The molecule has 134 valence electrons. The number of hydrogen-bond donors (Lipinski definition) is 2. The first-order valence-corrected chi connectivity index (χ1v) is 7.34. The second-order valence-corrected chi connectivity index (χ2v) is 5.60. The van der Waals surface area contributed by atoms with Gasteiger partial charge in [-0.15, -0.1) is 0 Å². The lowest BCUT2D eigenvalue weighted by molar-refractivity contribution is -0.143. The molecule has 1 atom stereocenters. The molecule has 25 heavy (non-hydrogen) atoms. The summed E-state index contributed by atoms with van der Waals surface area (Å²) in [5.41, 5.74) is -0.844. The van der Waals surface area contributed by atoms with Crippen LogP contribution in [-0.4, -0.2) is 33.3 Å². The maximum absolute atomic E-state index is 13.5. The van der Waals surface area contributed by atoms with Crippen molar-refractivity contribution in [2.45, 2.75) is 20.0 Å². The number of halogens is 3. The van der Waals surface area contributed by atoms with Gasteiger partial charge in [-0.25, -0.2) is 4.68 Å². The Morgan fingerprint density at radius 1 is 1.28 bits per heavy atom. The predicted octanol–water partition coefficient (Wildman–Crippen LogP) is 2.65. The Bertz CT molecular complexity index is 782. The second-order valence-electron chi connectivity index (χ2n) is 5.60. The highest BCUT2D eigenvalue weighted by Crippen LogP contribution is 2.33. The van der Waals surface area contributed by atoms with Gasteiger partial charge < -0.3 is 10.4 Å². The highest BCUT2D eigenvalue weighted by molar-refractivity contribution is 5.95. The monoisotopic (exact) mass is 355 g/mol. The van der Waals surface area contributed by atoms with E-state index in [2.05, 4.69) is 10.4 Å². The summed E-state index contributed by atoms with van der Waals surface area (Å²) in [5, 5.41) is 14.7. The molecule has 1 unspecified atom stereocenters. The molecule has 0 aliphatic heterocycles. The van der Waals surface area contributed by atoms with Crippen molar-refractivity contribution in [2.75, 3.05) is 6.54 Å². The Morgan fingerprint density at radius 2 is 1.88 bits per heavy atom. The number of rotatable bonds is 5. The summed E-state index contributed by atoms with van der Waals surface area (Å²) in [6, 6.07) is 6.19. The molecule has 1 amide bonds. The van der Waals surface area contributed by atoms with Crippen molar-refractivity contribution >= 4 is 11.9 Å². The third-order valence-electron chi connectivity index (χ3n) is 3.55. The fourth-order valence-corrected chi connectivity index (χ4v) is 2.10. The third kappa shape index (κ3) is 4.17. The maximum atomic E-state index is 13.5. The van der Waals surface area contributed by atoms with Crippen molar-refractivity contribution in [1.29, 1.82) is 0 Å². The van der Waals surface area contributed by atoms with Gasteiger partial charge in [-0.2, -0.15) is 18.3 Å². The van der Waals surface area contributed by atoms with Crippen LogP contribution >= 0.6 is 0 Å². The van der Waals surface area contributed by atoms with E-state index >= 15 is 0 Å². The molecule has 0 saturated heterocycles. The summed E-state index contributed by atoms with van der Waals surface area (Å²) >= 11 is 0. The Kier molecular flexibility index (Phi) is 5.15. The van der Waals surface area contributed by atoms with E-state index in [0.717, 1.165) is 11.8 Å². The Labute approximate surface area is 141 Å². The number of carboxylic acid groups (broad SMARTS) is 1. The normalized spacial score (nSPS) is 12.7. The number of alkyl halides is 3. The molecule has 0 bridgehead atoms. The summed E-state index contributed by atoms with van der Waals surface area (Å²) < 4.78 is 41.0. The molecule has 2 aromatic rings. The van der Waals surface area contributed by atoms with Gasteiger partial charge in [-0.05, 0) is 19.1 Å². The number of hydrogen-bond acceptors (Lipinski definition) is 3. The minimum absolute atomic E-state index is 0.163. The van der Waals surface area contributed by atoms with E-state index in [1.54, 1.807) is 19.1 Å². The minimum atomic E-state index is -4.81. The minimum Gasteiger partial charge on any atom is -0.481 e. The average Bonchev–Trinajstić information content (AvgIpc) is 2.98. The van der Waals surface area contributed by atoms with Crippen LogP contribution in [0, 0.1) is 12.8 Å². The van der Waals surface area contributed by atoms with Gasteiger partial charge in [0.15, 0.2) is 5.69 Å². The number of carbonyl (C=O) groups excluding carboxylic acids is 1. The molecule has 0 aliphatic rings. The van der Waals surface area contributed by atoms with Gasteiger partial charge in [0.2, 0.25) is 0 Å². The highest BCUT2D eigenvalue weighted by Gasteiger charge is 2.40. The van der Waals surface area contributed by atoms with Crippen LogP contribution in [0.25, 0.3) is 5.69 Å². The summed E-state index contributed by atoms with van der Waals surface area (Å²) in [5.74, 6) is -3.11. The number of nitrogens with one attached hydrogen (secondary N) is 1. The van der Waals surface area contributed by atoms with Gasteiger partial charge in [0.25, 0.3) is 5.91 Å². The zero-order valence-electron chi connectivity index (χ0n) is 13.5. The Hall–Kier alpha value is -2.84. The molecule has 6 nitrogen and oxygen atoms in total. The van der Waals surface area contributed by atoms with Gasteiger partial charge in [-0.1, -0.05) is 24.6 Å². The fourth-order valence-electron chi connectivity index (χ4n) is 2.10. The molecule has 0 aliphatic carbocycles. The van der Waals surface area contributed by atoms with Crippen LogP contribution in [0.5, 0.6) is 0 Å². The van der Waals surface area contributed by atoms with E-state index < -0.39 is 35.2 Å². The highest BCUT2D eigenvalue weighted by atomic mass is 19.4. The molecule has 2 N–H and O–H groups in total. The molecule has 0 fully saturated rings. The lowest BCUT2D eigenvalue weighted by Crippen LogP contribution is -2.32. The van der Waals surface area contributed by atoms with E-state index in [9.17, 15) is 22.8 Å². The summed E-state index contributed by atoms with van der Waals surface area (Å²) in [7, 11) is 0. The number of carboxylic acids is 1. The van der Waals surface area contributed by atoms with Crippen LogP contribution in [0.3, 0.4) is 0 Å². The van der Waals surface area contributed by atoms with Crippen LogP contribution < -0.4 is 5.32 Å². The Morgan fingerprint density at radius 3 is 2.40 bits per heavy atom. The van der Waals surface area contributed by atoms with Crippen molar-refractivity contribution in [3.63, 3.8) is 0 Å². The number of amides is 1. The number of aliphatic carboxylic acids is 1. The van der Waals surface area contributed by atoms with Gasteiger partial charge in [0.05, 0.1) is 23.4 Å². The van der Waals surface area contributed by atoms with Crippen LogP contribution in [-0.2, 0) is 11.0 Å².